The normalized spacial score (nSPS) is 31.6. The van der Waals surface area contributed by atoms with Gasteiger partial charge in [0.1, 0.15) is 5.75 Å². The molecule has 1 aromatic rings. The molecule has 0 radical (unpaired) electrons. The molecule has 98 valence electrons. The first-order chi connectivity index (χ1) is 8.76. The lowest BCUT2D eigenvalue weighted by Gasteiger charge is -2.27. The van der Waals surface area contributed by atoms with Crippen LogP contribution in [0.1, 0.15) is 44.2 Å². The third kappa shape index (κ3) is 2.26. The Hall–Kier alpha value is -1.02. The second-order valence-corrected chi connectivity index (χ2v) is 5.95. The van der Waals surface area contributed by atoms with Gasteiger partial charge in [0.25, 0.3) is 0 Å². The van der Waals surface area contributed by atoms with E-state index < -0.39 is 0 Å². The Labute approximate surface area is 110 Å². The predicted molar refractivity (Wildman–Crippen MR) is 73.8 cm³/mol. The van der Waals surface area contributed by atoms with Gasteiger partial charge in [0, 0.05) is 12.1 Å². The van der Waals surface area contributed by atoms with Gasteiger partial charge in [0.15, 0.2) is 0 Å². The maximum atomic E-state index is 5.30. The smallest absolute Gasteiger partial charge is 0.119 e. The van der Waals surface area contributed by atoms with Crippen LogP contribution in [0.2, 0.25) is 0 Å². The first kappa shape index (κ1) is 12.0. The summed E-state index contributed by atoms with van der Waals surface area (Å²) in [6.07, 6.45) is 5.75. The third-order valence-corrected chi connectivity index (χ3v) is 4.80. The molecular formula is C16H23NO. The lowest BCUT2D eigenvalue weighted by atomic mass is 9.94. The molecule has 3 unspecified atom stereocenters. The average Bonchev–Trinajstić information content (AvgIpc) is 3.01. The van der Waals surface area contributed by atoms with E-state index in [2.05, 4.69) is 30.4 Å². The number of hydrogen-bond acceptors (Lipinski definition) is 2. The van der Waals surface area contributed by atoms with E-state index in [9.17, 15) is 0 Å². The van der Waals surface area contributed by atoms with Crippen LogP contribution in [0.5, 0.6) is 5.75 Å². The first-order valence-corrected chi connectivity index (χ1v) is 7.16. The van der Waals surface area contributed by atoms with E-state index in [0.717, 1.165) is 23.6 Å². The Morgan fingerprint density at radius 2 is 2.17 bits per heavy atom. The molecule has 1 N–H and O–H groups in total. The highest BCUT2D eigenvalue weighted by Crippen LogP contribution is 2.45. The molecule has 2 aliphatic carbocycles. The van der Waals surface area contributed by atoms with Crippen molar-refractivity contribution >= 4 is 0 Å². The lowest BCUT2D eigenvalue weighted by molar-refractivity contribution is 0.326. The summed E-state index contributed by atoms with van der Waals surface area (Å²) >= 11 is 0. The van der Waals surface area contributed by atoms with Crippen LogP contribution in [0.25, 0.3) is 0 Å². The van der Waals surface area contributed by atoms with Crippen molar-refractivity contribution in [3.8, 4) is 5.75 Å². The largest absolute Gasteiger partial charge is 0.497 e. The highest BCUT2D eigenvalue weighted by atomic mass is 16.5. The molecule has 2 aliphatic rings. The molecule has 18 heavy (non-hydrogen) atoms. The number of benzene rings is 1. The molecule has 4 atom stereocenters. The quantitative estimate of drug-likeness (QED) is 0.876. The molecule has 1 aromatic carbocycles. The molecule has 2 nitrogen and oxygen atoms in total. The Bertz CT molecular complexity index is 417. The van der Waals surface area contributed by atoms with Crippen molar-refractivity contribution in [3.63, 3.8) is 0 Å². The number of nitrogens with one attached hydrogen (secondary N) is 1. The third-order valence-electron chi connectivity index (χ3n) is 4.80. The van der Waals surface area contributed by atoms with Gasteiger partial charge < -0.3 is 10.1 Å². The minimum atomic E-state index is 0.421. The van der Waals surface area contributed by atoms with E-state index in [1.54, 1.807) is 7.11 Å². The van der Waals surface area contributed by atoms with E-state index in [1.165, 1.54) is 31.2 Å². The van der Waals surface area contributed by atoms with E-state index in [4.69, 9.17) is 4.74 Å². The maximum Gasteiger partial charge on any atom is 0.119 e. The molecule has 0 amide bonds. The molecule has 2 saturated carbocycles. The number of ether oxygens (including phenoxy) is 1. The molecule has 3 rings (SSSR count). The minimum Gasteiger partial charge on any atom is -0.497 e. The van der Waals surface area contributed by atoms with E-state index in [1.807, 2.05) is 6.07 Å². The van der Waals surface area contributed by atoms with Crippen LogP contribution >= 0.6 is 0 Å². The zero-order chi connectivity index (χ0) is 12.5. The summed E-state index contributed by atoms with van der Waals surface area (Å²) in [7, 11) is 1.73. The highest BCUT2D eigenvalue weighted by molar-refractivity contribution is 5.30. The van der Waals surface area contributed by atoms with Gasteiger partial charge in [-0.2, -0.15) is 0 Å². The van der Waals surface area contributed by atoms with E-state index in [0.29, 0.717) is 6.04 Å². The standard InChI is InChI=1S/C16H23NO/c1-11(13-4-3-5-15(10-13)18-2)17-16-9-12-6-7-14(16)8-12/h3-5,10-12,14,16-17H,6-9H2,1-2H3/t11-,12?,14?,16?/m0/s1. The fourth-order valence-corrected chi connectivity index (χ4v) is 3.78. The van der Waals surface area contributed by atoms with Crippen molar-refractivity contribution in [2.45, 2.75) is 44.7 Å². The van der Waals surface area contributed by atoms with E-state index >= 15 is 0 Å². The Morgan fingerprint density at radius 3 is 2.83 bits per heavy atom. The van der Waals surface area contributed by atoms with Crippen LogP contribution < -0.4 is 10.1 Å². The molecule has 2 bridgehead atoms. The number of fused-ring (bicyclic) bond motifs is 2. The Morgan fingerprint density at radius 1 is 1.28 bits per heavy atom. The van der Waals surface area contributed by atoms with Gasteiger partial charge in [-0.25, -0.2) is 0 Å². The van der Waals surface area contributed by atoms with Gasteiger partial charge >= 0.3 is 0 Å². The zero-order valence-electron chi connectivity index (χ0n) is 11.4. The topological polar surface area (TPSA) is 21.3 Å². The predicted octanol–water partition coefficient (Wildman–Crippen LogP) is 3.53. The Kier molecular flexibility index (Phi) is 3.29. The second-order valence-electron chi connectivity index (χ2n) is 5.95. The minimum absolute atomic E-state index is 0.421. The SMILES string of the molecule is COc1cccc([C@H](C)NC2CC3CCC2C3)c1. The summed E-state index contributed by atoms with van der Waals surface area (Å²) in [6.45, 7) is 2.26. The maximum absolute atomic E-state index is 5.30. The molecule has 0 spiro atoms. The number of hydrogen-bond donors (Lipinski definition) is 1. The van der Waals surface area contributed by atoms with Crippen LogP contribution in [-0.2, 0) is 0 Å². The lowest BCUT2D eigenvalue weighted by Crippen LogP contribution is -2.35. The first-order valence-electron chi connectivity index (χ1n) is 7.16. The number of rotatable bonds is 4. The fraction of sp³-hybridized carbons (Fsp3) is 0.625. The molecule has 0 aromatic heterocycles. The average molecular weight is 245 g/mol. The molecular weight excluding hydrogens is 222 g/mol. The van der Waals surface area contributed by atoms with Gasteiger partial charge in [0.05, 0.1) is 7.11 Å². The molecule has 0 heterocycles. The zero-order valence-corrected chi connectivity index (χ0v) is 11.4. The van der Waals surface area contributed by atoms with Crippen LogP contribution in [0, 0.1) is 11.8 Å². The van der Waals surface area contributed by atoms with Crippen molar-refractivity contribution in [1.29, 1.82) is 0 Å². The second kappa shape index (κ2) is 4.93. The van der Waals surface area contributed by atoms with Crippen LogP contribution in [0.15, 0.2) is 24.3 Å². The van der Waals surface area contributed by atoms with Crippen LogP contribution in [0.4, 0.5) is 0 Å². The summed E-state index contributed by atoms with van der Waals surface area (Å²) in [4.78, 5) is 0. The van der Waals surface area contributed by atoms with Crippen LogP contribution in [0.3, 0.4) is 0 Å². The summed E-state index contributed by atoms with van der Waals surface area (Å²) in [5, 5.41) is 3.82. The Balaban J connectivity index is 1.65. The van der Waals surface area contributed by atoms with Gasteiger partial charge in [-0.3, -0.25) is 0 Å². The summed E-state index contributed by atoms with van der Waals surface area (Å²) in [6, 6.07) is 9.58. The summed E-state index contributed by atoms with van der Waals surface area (Å²) in [5.41, 5.74) is 1.33. The fourth-order valence-electron chi connectivity index (χ4n) is 3.78. The van der Waals surface area contributed by atoms with E-state index in [-0.39, 0.29) is 0 Å². The van der Waals surface area contributed by atoms with Crippen molar-refractivity contribution in [2.75, 3.05) is 7.11 Å². The van der Waals surface area contributed by atoms with Crippen molar-refractivity contribution in [2.24, 2.45) is 11.8 Å². The highest BCUT2D eigenvalue weighted by Gasteiger charge is 2.39. The molecule has 2 heteroatoms. The number of methoxy groups -OCH3 is 1. The summed E-state index contributed by atoms with van der Waals surface area (Å²) < 4.78 is 5.30. The van der Waals surface area contributed by atoms with Gasteiger partial charge in [0.2, 0.25) is 0 Å². The monoisotopic (exact) mass is 245 g/mol. The summed E-state index contributed by atoms with van der Waals surface area (Å²) in [5.74, 6) is 2.89. The van der Waals surface area contributed by atoms with Crippen molar-refractivity contribution in [1.82, 2.24) is 5.32 Å². The molecule has 0 aliphatic heterocycles. The van der Waals surface area contributed by atoms with Gasteiger partial charge in [-0.1, -0.05) is 18.6 Å². The molecule has 0 saturated heterocycles. The molecule has 2 fully saturated rings. The van der Waals surface area contributed by atoms with Crippen molar-refractivity contribution < 1.29 is 4.74 Å². The van der Waals surface area contributed by atoms with Crippen LogP contribution in [-0.4, -0.2) is 13.2 Å². The van der Waals surface area contributed by atoms with Gasteiger partial charge in [-0.15, -0.1) is 0 Å². The van der Waals surface area contributed by atoms with Gasteiger partial charge in [-0.05, 0) is 55.7 Å². The van der Waals surface area contributed by atoms with Crippen molar-refractivity contribution in [3.05, 3.63) is 29.8 Å².